The number of ether oxygens (including phenoxy) is 1. The van der Waals surface area contributed by atoms with E-state index in [1.165, 1.54) is 6.92 Å². The van der Waals surface area contributed by atoms with E-state index in [0.29, 0.717) is 11.6 Å². The highest BCUT2D eigenvalue weighted by Gasteiger charge is 2.22. The van der Waals surface area contributed by atoms with Crippen LogP contribution in [0.5, 0.6) is 5.75 Å². The minimum absolute atomic E-state index is 0.0488. The van der Waals surface area contributed by atoms with Crippen molar-refractivity contribution in [3.05, 3.63) is 70.3 Å². The first-order chi connectivity index (χ1) is 16.4. The Kier molecular flexibility index (Phi) is 9.18. The number of fused-ring (bicyclic) bond motifs is 3. The number of halogens is 1. The van der Waals surface area contributed by atoms with E-state index in [9.17, 15) is 4.79 Å². The van der Waals surface area contributed by atoms with Crippen LogP contribution in [0.25, 0.3) is 5.69 Å². The van der Waals surface area contributed by atoms with Gasteiger partial charge in [-0.25, -0.2) is 0 Å². The SMILES string of the molecule is CC(=O)NCCCCCN.COc1ccc2c(c1)C(c1ccc(Cl)cc1)=NCc1nnc(C)n1-2. The van der Waals surface area contributed by atoms with Crippen molar-refractivity contribution in [3.63, 3.8) is 0 Å². The molecule has 8 nitrogen and oxygen atoms in total. The number of carbonyl (C=O) groups excluding carboxylic acids is 1. The van der Waals surface area contributed by atoms with Crippen LogP contribution in [0.4, 0.5) is 0 Å². The van der Waals surface area contributed by atoms with Crippen molar-refractivity contribution in [1.82, 2.24) is 20.1 Å². The number of unbranched alkanes of at least 4 members (excludes halogenated alkanes) is 2. The number of nitrogens with zero attached hydrogens (tertiary/aromatic N) is 4. The van der Waals surface area contributed by atoms with Gasteiger partial charge in [-0.2, -0.15) is 0 Å². The monoisotopic (exact) mass is 482 g/mol. The van der Waals surface area contributed by atoms with Crippen LogP contribution in [-0.4, -0.2) is 46.6 Å². The molecule has 0 fully saturated rings. The summed E-state index contributed by atoms with van der Waals surface area (Å²) in [5.41, 5.74) is 9.17. The van der Waals surface area contributed by atoms with Crippen molar-refractivity contribution >= 4 is 23.2 Å². The molecule has 34 heavy (non-hydrogen) atoms. The lowest BCUT2D eigenvalue weighted by Gasteiger charge is -2.14. The third-order valence-electron chi connectivity index (χ3n) is 5.34. The van der Waals surface area contributed by atoms with E-state index in [0.717, 1.165) is 72.3 Å². The normalized spacial score (nSPS) is 11.9. The average molecular weight is 483 g/mol. The second-order valence-electron chi connectivity index (χ2n) is 7.89. The molecule has 0 unspecified atom stereocenters. The van der Waals surface area contributed by atoms with Crippen molar-refractivity contribution in [3.8, 4) is 11.4 Å². The first-order valence-electron chi connectivity index (χ1n) is 11.3. The van der Waals surface area contributed by atoms with Gasteiger partial charge in [0.15, 0.2) is 5.82 Å². The van der Waals surface area contributed by atoms with Crippen LogP contribution in [0.2, 0.25) is 5.02 Å². The second-order valence-corrected chi connectivity index (χ2v) is 8.32. The van der Waals surface area contributed by atoms with E-state index in [2.05, 4.69) is 15.5 Å². The number of methoxy groups -OCH3 is 1. The molecule has 0 spiro atoms. The topological polar surface area (TPSA) is 107 Å². The van der Waals surface area contributed by atoms with E-state index in [1.807, 2.05) is 54.0 Å². The molecule has 3 N–H and O–H groups in total. The van der Waals surface area contributed by atoms with Crippen LogP contribution in [0, 0.1) is 6.92 Å². The summed E-state index contributed by atoms with van der Waals surface area (Å²) in [6, 6.07) is 13.6. The molecular formula is C25H31ClN6O2. The molecule has 1 aliphatic rings. The van der Waals surface area contributed by atoms with E-state index in [1.54, 1.807) is 7.11 Å². The minimum Gasteiger partial charge on any atom is -0.497 e. The first-order valence-corrected chi connectivity index (χ1v) is 11.7. The lowest BCUT2D eigenvalue weighted by Crippen LogP contribution is -2.20. The van der Waals surface area contributed by atoms with Gasteiger partial charge in [0.25, 0.3) is 0 Å². The van der Waals surface area contributed by atoms with E-state index < -0.39 is 0 Å². The summed E-state index contributed by atoms with van der Waals surface area (Å²) in [5.74, 6) is 2.49. The molecule has 2 heterocycles. The molecule has 0 bridgehead atoms. The van der Waals surface area contributed by atoms with Crippen LogP contribution in [-0.2, 0) is 11.3 Å². The minimum atomic E-state index is 0.0488. The van der Waals surface area contributed by atoms with Crippen molar-refractivity contribution in [2.75, 3.05) is 20.2 Å². The summed E-state index contributed by atoms with van der Waals surface area (Å²) < 4.78 is 7.45. The highest BCUT2D eigenvalue weighted by atomic mass is 35.5. The molecule has 9 heteroatoms. The number of carbonyl (C=O) groups is 1. The molecular weight excluding hydrogens is 452 g/mol. The zero-order chi connectivity index (χ0) is 24.5. The number of rotatable bonds is 7. The van der Waals surface area contributed by atoms with E-state index >= 15 is 0 Å². The third-order valence-corrected chi connectivity index (χ3v) is 5.59. The Morgan fingerprint density at radius 2 is 1.91 bits per heavy atom. The fourth-order valence-corrected chi connectivity index (χ4v) is 3.77. The van der Waals surface area contributed by atoms with Crippen molar-refractivity contribution in [2.45, 2.75) is 39.7 Å². The van der Waals surface area contributed by atoms with Gasteiger partial charge in [-0.05, 0) is 56.6 Å². The third kappa shape index (κ3) is 6.42. The maximum atomic E-state index is 10.3. The summed E-state index contributed by atoms with van der Waals surface area (Å²) in [4.78, 5) is 15.1. The first kappa shape index (κ1) is 25.4. The molecule has 0 saturated carbocycles. The molecule has 0 atom stereocenters. The maximum absolute atomic E-state index is 10.3. The summed E-state index contributed by atoms with van der Waals surface area (Å²) in [5, 5.41) is 11.9. The Morgan fingerprint density at radius 3 is 2.59 bits per heavy atom. The number of nitrogens with one attached hydrogen (secondary N) is 1. The number of hydrogen-bond acceptors (Lipinski definition) is 6. The Morgan fingerprint density at radius 1 is 1.15 bits per heavy atom. The molecule has 2 aromatic carbocycles. The number of aromatic nitrogens is 3. The number of benzene rings is 2. The van der Waals surface area contributed by atoms with Crippen LogP contribution < -0.4 is 15.8 Å². The van der Waals surface area contributed by atoms with Crippen molar-refractivity contribution in [1.29, 1.82) is 0 Å². The molecule has 0 radical (unpaired) electrons. The molecule has 1 aromatic heterocycles. The van der Waals surface area contributed by atoms with Gasteiger partial charge in [-0.1, -0.05) is 30.2 Å². The van der Waals surface area contributed by atoms with Crippen LogP contribution in [0.1, 0.15) is 49.0 Å². The van der Waals surface area contributed by atoms with Gasteiger partial charge in [0.05, 0.1) is 18.5 Å². The maximum Gasteiger partial charge on any atom is 0.216 e. The van der Waals surface area contributed by atoms with Crippen LogP contribution >= 0.6 is 11.6 Å². The van der Waals surface area contributed by atoms with E-state index in [4.69, 9.17) is 27.1 Å². The number of aliphatic imine (C=N–C) groups is 1. The second kappa shape index (κ2) is 12.3. The lowest BCUT2D eigenvalue weighted by atomic mass is 10.00. The van der Waals surface area contributed by atoms with Gasteiger partial charge in [0.2, 0.25) is 5.91 Å². The number of aryl methyl sites for hydroxylation is 1. The molecule has 4 rings (SSSR count). The Hall–Kier alpha value is -3.23. The van der Waals surface area contributed by atoms with Gasteiger partial charge < -0.3 is 15.8 Å². The predicted molar refractivity (Wildman–Crippen MR) is 135 cm³/mol. The molecule has 1 aliphatic heterocycles. The largest absolute Gasteiger partial charge is 0.497 e. The molecule has 1 amide bonds. The molecule has 180 valence electrons. The van der Waals surface area contributed by atoms with Gasteiger partial charge >= 0.3 is 0 Å². The quantitative estimate of drug-likeness (QED) is 0.497. The van der Waals surface area contributed by atoms with Gasteiger partial charge in [-0.15, -0.1) is 10.2 Å². The van der Waals surface area contributed by atoms with Gasteiger partial charge in [-0.3, -0.25) is 14.4 Å². The highest BCUT2D eigenvalue weighted by molar-refractivity contribution is 6.30. The fourth-order valence-electron chi connectivity index (χ4n) is 3.65. The summed E-state index contributed by atoms with van der Waals surface area (Å²) in [7, 11) is 1.66. The Balaban J connectivity index is 0.000000277. The summed E-state index contributed by atoms with van der Waals surface area (Å²) in [6.45, 7) is 5.48. The standard InChI is InChI=1S/C18H15ClN4O.C7H16N2O/c1-11-21-22-17-10-20-18(12-3-5-13(19)6-4-12)15-9-14(24-2)7-8-16(15)23(11)17;1-7(10)9-6-4-2-3-5-8/h3-9H,10H2,1-2H3;2-6,8H2,1H3,(H,9,10). The van der Waals surface area contributed by atoms with Crippen LogP contribution in [0.3, 0.4) is 0 Å². The van der Waals surface area contributed by atoms with Crippen LogP contribution in [0.15, 0.2) is 47.5 Å². The summed E-state index contributed by atoms with van der Waals surface area (Å²) >= 11 is 6.02. The zero-order valence-electron chi connectivity index (χ0n) is 19.8. The van der Waals surface area contributed by atoms with Gasteiger partial charge in [0.1, 0.15) is 18.1 Å². The summed E-state index contributed by atoms with van der Waals surface area (Å²) in [6.07, 6.45) is 3.20. The molecule has 0 saturated heterocycles. The Labute approximate surface area is 205 Å². The zero-order valence-corrected chi connectivity index (χ0v) is 20.6. The number of nitrogens with two attached hydrogens (primary N) is 1. The fraction of sp³-hybridized carbons (Fsp3) is 0.360. The molecule has 0 aliphatic carbocycles. The molecule has 3 aromatic rings. The highest BCUT2D eigenvalue weighted by Crippen LogP contribution is 2.29. The van der Waals surface area contributed by atoms with Crippen molar-refractivity contribution in [2.24, 2.45) is 10.7 Å². The number of amides is 1. The lowest BCUT2D eigenvalue weighted by molar-refractivity contribution is -0.118. The number of hydrogen-bond donors (Lipinski definition) is 2. The average Bonchev–Trinajstić information content (AvgIpc) is 3.11. The predicted octanol–water partition coefficient (Wildman–Crippen LogP) is 3.84. The Bertz CT molecular complexity index is 1140. The van der Waals surface area contributed by atoms with Crippen molar-refractivity contribution < 1.29 is 9.53 Å². The smallest absolute Gasteiger partial charge is 0.216 e. The van der Waals surface area contributed by atoms with Gasteiger partial charge in [0, 0.05) is 29.6 Å². The van der Waals surface area contributed by atoms with E-state index in [-0.39, 0.29) is 5.91 Å².